The summed E-state index contributed by atoms with van der Waals surface area (Å²) in [4.78, 5) is 13.3. The lowest BCUT2D eigenvalue weighted by Crippen LogP contribution is -2.27. The predicted octanol–water partition coefficient (Wildman–Crippen LogP) is 7.20. The molecule has 0 saturated heterocycles. The van der Waals surface area contributed by atoms with Gasteiger partial charge < -0.3 is 25.0 Å². The molecule has 0 aliphatic carbocycles. The number of aromatic nitrogens is 1. The lowest BCUT2D eigenvalue weighted by molar-refractivity contribution is 0.0731. The van der Waals surface area contributed by atoms with Crippen molar-refractivity contribution in [2.75, 3.05) is 19.3 Å². The van der Waals surface area contributed by atoms with E-state index in [0.717, 1.165) is 38.2 Å². The average Bonchev–Trinajstić information content (AvgIpc) is 3.47. The second-order valence-electron chi connectivity index (χ2n) is 13.0. The number of hydrogen-bond acceptors (Lipinski definition) is 9. The number of benzene rings is 6. The summed E-state index contributed by atoms with van der Waals surface area (Å²) < 4.78 is 70.3. The number of nitrogens with zero attached hydrogens (tertiary/aromatic N) is 2. The first kappa shape index (κ1) is 39.7. The second-order valence-corrected chi connectivity index (χ2v) is 15.8. The number of likely N-dealkylation sites (N-methyl/N-ethyl adjacent to an activating group) is 1. The van der Waals surface area contributed by atoms with Crippen molar-refractivity contribution in [2.24, 2.45) is 0 Å². The van der Waals surface area contributed by atoms with Crippen molar-refractivity contribution in [3.8, 4) is 11.5 Å². The summed E-state index contributed by atoms with van der Waals surface area (Å²) in [5, 5.41) is 11.0. The maximum Gasteiger partial charge on any atom is 0.347 e. The molecule has 0 bridgehead atoms. The first-order valence-corrected chi connectivity index (χ1v) is 20.2. The van der Waals surface area contributed by atoms with Crippen molar-refractivity contribution in [1.29, 1.82) is 0 Å². The van der Waals surface area contributed by atoms with Gasteiger partial charge in [-0.3, -0.25) is 9.11 Å². The maximum absolute atomic E-state index is 11.7. The van der Waals surface area contributed by atoms with Gasteiger partial charge in [0, 0.05) is 65.2 Å². The largest absolute Gasteiger partial charge is 0.507 e. The number of fused-ring (bicyclic) bond motifs is 4. The van der Waals surface area contributed by atoms with Crippen molar-refractivity contribution in [1.82, 2.24) is 9.47 Å². The normalized spacial score (nSPS) is 12.8. The summed E-state index contributed by atoms with van der Waals surface area (Å²) in [6, 6.07) is 40.1. The maximum atomic E-state index is 11.7. The van der Waals surface area contributed by atoms with Crippen molar-refractivity contribution >= 4 is 53.6 Å². The van der Waals surface area contributed by atoms with Crippen molar-refractivity contribution < 1.29 is 40.6 Å². The van der Waals surface area contributed by atoms with Gasteiger partial charge in [-0.25, -0.2) is 4.79 Å². The molecular weight excluding hydrogens is 755 g/mol. The summed E-state index contributed by atoms with van der Waals surface area (Å²) in [5.41, 5.74) is 11.7. The average molecular weight is 794 g/mol. The Labute approximate surface area is 324 Å². The summed E-state index contributed by atoms with van der Waals surface area (Å²) in [6.07, 6.45) is 1.15. The number of phenols is 1. The van der Waals surface area contributed by atoms with Crippen LogP contribution in [-0.2, 0) is 39.7 Å². The van der Waals surface area contributed by atoms with Gasteiger partial charge in [0.25, 0.3) is 20.2 Å². The van der Waals surface area contributed by atoms with E-state index in [1.807, 2.05) is 6.07 Å². The molecule has 14 heteroatoms. The number of esters is 1. The zero-order valence-electron chi connectivity index (χ0n) is 30.2. The molecule has 56 heavy (non-hydrogen) atoms. The Morgan fingerprint density at radius 1 is 0.714 bits per heavy atom. The Hall–Kier alpha value is -6.03. The molecule has 12 nitrogen and oxygen atoms in total. The quantitative estimate of drug-likeness (QED) is 0.0577. The minimum Gasteiger partial charge on any atom is -0.507 e. The lowest BCUT2D eigenvalue weighted by atomic mass is 10.1. The van der Waals surface area contributed by atoms with Crippen LogP contribution in [0.15, 0.2) is 149 Å². The van der Waals surface area contributed by atoms with E-state index in [9.17, 15) is 26.7 Å². The van der Waals surface area contributed by atoms with E-state index < -0.39 is 36.0 Å². The van der Waals surface area contributed by atoms with Gasteiger partial charge in [-0.05, 0) is 60.6 Å². The van der Waals surface area contributed by atoms with E-state index in [2.05, 4.69) is 71.1 Å². The molecule has 1 aliphatic rings. The van der Waals surface area contributed by atoms with Gasteiger partial charge in [0.1, 0.15) is 26.9 Å². The van der Waals surface area contributed by atoms with Crippen LogP contribution in [-0.4, -0.2) is 60.1 Å². The number of nitrogens with two attached hydrogens (primary N) is 1. The standard InChI is InChI=1S/C19H20N2.C13H11NO3.C10H8O6S2/c1-20-12-11-19-17(14-20)16-9-5-6-10-18(16)21(19)13-15-7-3-2-4-8-15;14-9-6-7-11(12(15)8-9)13(16)17-10-4-2-1-3-5-10;11-17(12,13)9-5-1-3-7-8(9)4-2-6-10(7)18(14,15)16/h2-10H,11-14H2,1H3;1-8,15H,14H2;1-6H,(H,11,12,13)(H,14,15,16). The third kappa shape index (κ3) is 9.25. The first-order chi connectivity index (χ1) is 26.7. The molecule has 1 aliphatic heterocycles. The Morgan fingerprint density at radius 2 is 1.27 bits per heavy atom. The highest BCUT2D eigenvalue weighted by molar-refractivity contribution is 7.86. The number of para-hydroxylation sites is 2. The molecule has 1 aromatic heterocycles. The Bertz CT molecular complexity index is 2670. The number of nitrogen functional groups attached to an aromatic ring is 1. The summed E-state index contributed by atoms with van der Waals surface area (Å²) in [7, 11) is -6.72. The summed E-state index contributed by atoms with van der Waals surface area (Å²) >= 11 is 0. The molecular formula is C42H39N3O9S2. The third-order valence-corrected chi connectivity index (χ3v) is 11.0. The van der Waals surface area contributed by atoms with Crippen molar-refractivity contribution in [2.45, 2.75) is 29.3 Å². The fraction of sp³-hybridized carbons (Fsp3) is 0.119. The van der Waals surface area contributed by atoms with Crippen LogP contribution in [0.2, 0.25) is 0 Å². The Morgan fingerprint density at radius 3 is 1.86 bits per heavy atom. The van der Waals surface area contributed by atoms with Crippen LogP contribution in [0.4, 0.5) is 5.69 Å². The second kappa shape index (κ2) is 16.8. The SMILES string of the molecule is CN1CCc2c(c3ccccc3n2Cc2ccccc2)C1.Nc1ccc(C(=O)Oc2ccccc2)c(O)c1.O=S(=O)(O)c1cccc2c(S(=O)(=O)O)cccc12. The Kier molecular flexibility index (Phi) is 11.9. The number of carbonyl (C=O) groups excluding carboxylic acids is 1. The molecule has 0 saturated carbocycles. The van der Waals surface area contributed by atoms with Crippen LogP contribution in [0, 0.1) is 0 Å². The molecule has 0 spiro atoms. The highest BCUT2D eigenvalue weighted by Crippen LogP contribution is 2.31. The number of ether oxygens (including phenoxy) is 1. The molecule has 8 rings (SSSR count). The fourth-order valence-electron chi connectivity index (χ4n) is 6.56. The first-order valence-electron chi connectivity index (χ1n) is 17.3. The predicted molar refractivity (Wildman–Crippen MR) is 215 cm³/mol. The molecule has 0 radical (unpaired) electrons. The number of phenolic OH excluding ortho intramolecular Hbond substituents is 1. The minimum atomic E-state index is -4.47. The molecule has 0 atom stereocenters. The van der Waals surface area contributed by atoms with Gasteiger partial charge in [0.2, 0.25) is 0 Å². The number of aromatic hydroxyl groups is 1. The van der Waals surface area contributed by atoms with Crippen LogP contribution in [0.5, 0.6) is 11.5 Å². The van der Waals surface area contributed by atoms with E-state index in [4.69, 9.17) is 19.6 Å². The topological polar surface area (TPSA) is 189 Å². The van der Waals surface area contributed by atoms with Gasteiger partial charge in [-0.15, -0.1) is 0 Å². The highest BCUT2D eigenvalue weighted by atomic mass is 32.2. The van der Waals surface area contributed by atoms with Gasteiger partial charge >= 0.3 is 5.97 Å². The molecule has 0 fully saturated rings. The van der Waals surface area contributed by atoms with Gasteiger partial charge in [-0.1, -0.05) is 91.0 Å². The zero-order valence-corrected chi connectivity index (χ0v) is 31.8. The number of hydrogen-bond donors (Lipinski definition) is 4. The third-order valence-electron chi connectivity index (χ3n) is 9.13. The van der Waals surface area contributed by atoms with Crippen LogP contribution in [0.3, 0.4) is 0 Å². The van der Waals surface area contributed by atoms with Gasteiger partial charge in [0.15, 0.2) is 0 Å². The molecule has 2 heterocycles. The van der Waals surface area contributed by atoms with Crippen molar-refractivity contribution in [3.05, 3.63) is 162 Å². The van der Waals surface area contributed by atoms with E-state index in [0.29, 0.717) is 11.4 Å². The minimum absolute atomic E-state index is 0.0233. The van der Waals surface area contributed by atoms with E-state index >= 15 is 0 Å². The molecule has 6 aromatic carbocycles. The molecule has 0 amide bonds. The zero-order chi connectivity index (χ0) is 40.0. The van der Waals surface area contributed by atoms with Crippen LogP contribution >= 0.6 is 0 Å². The van der Waals surface area contributed by atoms with Crippen molar-refractivity contribution in [3.63, 3.8) is 0 Å². The van der Waals surface area contributed by atoms with E-state index in [1.54, 1.807) is 24.3 Å². The molecule has 288 valence electrons. The number of rotatable bonds is 6. The lowest BCUT2D eigenvalue weighted by Gasteiger charge is -2.24. The van der Waals surface area contributed by atoms with Crippen LogP contribution in [0.1, 0.15) is 27.2 Å². The fourth-order valence-corrected chi connectivity index (χ4v) is 7.97. The van der Waals surface area contributed by atoms with Crippen LogP contribution < -0.4 is 10.5 Å². The van der Waals surface area contributed by atoms with E-state index in [1.165, 1.54) is 70.2 Å². The highest BCUT2D eigenvalue weighted by Gasteiger charge is 2.22. The smallest absolute Gasteiger partial charge is 0.347 e. The van der Waals surface area contributed by atoms with Crippen LogP contribution in [0.25, 0.3) is 21.7 Å². The Balaban J connectivity index is 0.000000144. The molecule has 0 unspecified atom stereocenters. The summed E-state index contributed by atoms with van der Waals surface area (Å²) in [5.74, 6) is -0.381. The van der Waals surface area contributed by atoms with E-state index in [-0.39, 0.29) is 22.1 Å². The summed E-state index contributed by atoms with van der Waals surface area (Å²) in [6.45, 7) is 3.19. The molecule has 7 aromatic rings. The molecule has 5 N–H and O–H groups in total. The monoisotopic (exact) mass is 793 g/mol. The van der Waals surface area contributed by atoms with Gasteiger partial charge in [0.05, 0.1) is 0 Å². The number of carbonyl (C=O) groups is 1. The number of anilines is 1. The van der Waals surface area contributed by atoms with Gasteiger partial charge in [-0.2, -0.15) is 16.8 Å².